The number of rotatable bonds is 4. The van der Waals surface area contributed by atoms with Crippen LogP contribution >= 0.6 is 0 Å². The maximum atomic E-state index is 12.7. The van der Waals surface area contributed by atoms with Crippen LogP contribution in [-0.4, -0.2) is 29.1 Å². The normalized spacial score (nSPS) is 45.4. The highest BCUT2D eigenvalue weighted by atomic mass is 16.2. The van der Waals surface area contributed by atoms with Crippen LogP contribution in [0.5, 0.6) is 0 Å². The Kier molecular flexibility index (Phi) is 3.36. The Morgan fingerprint density at radius 2 is 2.11 bits per heavy atom. The molecule has 1 N–H and O–H groups in total. The molecule has 3 nitrogen and oxygen atoms in total. The highest BCUT2D eigenvalue weighted by Gasteiger charge is 2.48. The third-order valence-corrected chi connectivity index (χ3v) is 6.00. The van der Waals surface area contributed by atoms with E-state index in [-0.39, 0.29) is 11.7 Å². The molecule has 1 aliphatic heterocycles. The number of nitrogens with zero attached hydrogens (tertiary/aromatic N) is 1. The first-order valence-electron chi connectivity index (χ1n) is 8.16. The van der Waals surface area contributed by atoms with Gasteiger partial charge < -0.3 is 4.90 Å². The van der Waals surface area contributed by atoms with Crippen LogP contribution < -0.4 is 5.32 Å². The molecular formula is C16H28N2O. The fourth-order valence-electron chi connectivity index (χ4n) is 4.60. The lowest BCUT2D eigenvalue weighted by molar-refractivity contribution is -0.133. The minimum atomic E-state index is -0.321. The molecular weight excluding hydrogens is 236 g/mol. The van der Waals surface area contributed by atoms with E-state index in [2.05, 4.69) is 31.0 Å². The Labute approximate surface area is 117 Å². The van der Waals surface area contributed by atoms with E-state index in [0.29, 0.717) is 5.91 Å². The number of amides is 1. The summed E-state index contributed by atoms with van der Waals surface area (Å²) < 4.78 is 0. The molecule has 1 saturated heterocycles. The molecule has 1 heterocycles. The molecule has 3 heteroatoms. The molecule has 3 fully saturated rings. The first-order valence-corrected chi connectivity index (χ1v) is 8.16. The number of carbonyl (C=O) groups excluding carboxylic acids is 1. The minimum Gasteiger partial charge on any atom is -0.325 e. The molecule has 0 radical (unpaired) electrons. The highest BCUT2D eigenvalue weighted by Crippen LogP contribution is 2.49. The van der Waals surface area contributed by atoms with E-state index in [9.17, 15) is 4.79 Å². The molecule has 3 rings (SSSR count). The van der Waals surface area contributed by atoms with Crippen molar-refractivity contribution in [2.75, 3.05) is 6.54 Å². The van der Waals surface area contributed by atoms with Crippen LogP contribution in [-0.2, 0) is 4.79 Å². The van der Waals surface area contributed by atoms with E-state index >= 15 is 0 Å². The van der Waals surface area contributed by atoms with Crippen LogP contribution in [0.4, 0.5) is 0 Å². The fourth-order valence-corrected chi connectivity index (χ4v) is 4.60. The molecule has 0 aromatic rings. The number of carbonyl (C=O) groups is 1. The van der Waals surface area contributed by atoms with E-state index in [0.717, 1.165) is 37.1 Å². The van der Waals surface area contributed by atoms with Crippen LogP contribution in [0, 0.1) is 17.8 Å². The lowest BCUT2D eigenvalue weighted by atomic mass is 9.88. The Balaban J connectivity index is 1.70. The zero-order chi connectivity index (χ0) is 13.6. The molecule has 2 saturated carbocycles. The number of fused-ring (bicyclic) bond motifs is 2. The van der Waals surface area contributed by atoms with Gasteiger partial charge in [-0.25, -0.2) is 0 Å². The van der Waals surface area contributed by atoms with Crippen molar-refractivity contribution in [1.82, 2.24) is 10.2 Å². The molecule has 5 atom stereocenters. The quantitative estimate of drug-likeness (QED) is 0.847. The van der Waals surface area contributed by atoms with Crippen molar-refractivity contribution in [1.29, 1.82) is 0 Å². The molecule has 2 bridgehead atoms. The lowest BCUT2D eigenvalue weighted by Crippen LogP contribution is -2.43. The first-order chi connectivity index (χ1) is 9.07. The fraction of sp³-hybridized carbons (Fsp3) is 0.938. The highest BCUT2D eigenvalue weighted by molar-refractivity contribution is 5.88. The summed E-state index contributed by atoms with van der Waals surface area (Å²) in [5, 5.41) is 3.56. The molecule has 0 spiro atoms. The summed E-state index contributed by atoms with van der Waals surface area (Å²) >= 11 is 0. The Morgan fingerprint density at radius 3 is 2.63 bits per heavy atom. The largest absolute Gasteiger partial charge is 0.325 e. The second-order valence-electron chi connectivity index (χ2n) is 7.15. The average molecular weight is 264 g/mol. The van der Waals surface area contributed by atoms with Gasteiger partial charge in [0.2, 0.25) is 5.91 Å². The summed E-state index contributed by atoms with van der Waals surface area (Å²) in [6, 6.07) is 0. The van der Waals surface area contributed by atoms with Gasteiger partial charge in [-0.05, 0) is 56.8 Å². The molecule has 0 aromatic heterocycles. The Hall–Kier alpha value is -0.570. The van der Waals surface area contributed by atoms with Crippen molar-refractivity contribution >= 4 is 5.91 Å². The van der Waals surface area contributed by atoms with Gasteiger partial charge in [0.25, 0.3) is 0 Å². The van der Waals surface area contributed by atoms with Gasteiger partial charge in [-0.2, -0.15) is 0 Å². The zero-order valence-electron chi connectivity index (χ0n) is 12.6. The van der Waals surface area contributed by atoms with Gasteiger partial charge in [0.05, 0.1) is 11.7 Å². The van der Waals surface area contributed by atoms with Crippen LogP contribution in [0.3, 0.4) is 0 Å². The standard InChI is InChI=1S/C16H28N2O/c1-4-14-17-16(3,5-2)15(19)18(14)10-13-9-11-6-7-12(13)8-11/h11-14,17H,4-10H2,1-3H3. The van der Waals surface area contributed by atoms with E-state index in [1.807, 2.05) is 0 Å². The van der Waals surface area contributed by atoms with Crippen LogP contribution in [0.15, 0.2) is 0 Å². The Bertz CT molecular complexity index is 370. The van der Waals surface area contributed by atoms with Crippen molar-refractivity contribution < 1.29 is 4.79 Å². The molecule has 1 amide bonds. The molecule has 2 aliphatic carbocycles. The molecule has 5 unspecified atom stereocenters. The van der Waals surface area contributed by atoms with Crippen molar-refractivity contribution in [3.63, 3.8) is 0 Å². The molecule has 108 valence electrons. The zero-order valence-corrected chi connectivity index (χ0v) is 12.6. The predicted octanol–water partition coefficient (Wildman–Crippen LogP) is 2.76. The van der Waals surface area contributed by atoms with E-state index in [1.54, 1.807) is 0 Å². The second-order valence-corrected chi connectivity index (χ2v) is 7.15. The summed E-state index contributed by atoms with van der Waals surface area (Å²) in [7, 11) is 0. The van der Waals surface area contributed by atoms with Crippen molar-refractivity contribution in [2.24, 2.45) is 17.8 Å². The second kappa shape index (κ2) is 4.76. The van der Waals surface area contributed by atoms with Crippen molar-refractivity contribution in [2.45, 2.75) is 71.0 Å². The molecule has 19 heavy (non-hydrogen) atoms. The summed E-state index contributed by atoms with van der Waals surface area (Å²) in [6.45, 7) is 7.36. The van der Waals surface area contributed by atoms with Gasteiger partial charge in [-0.15, -0.1) is 0 Å². The average Bonchev–Trinajstić information content (AvgIpc) is 3.08. The Morgan fingerprint density at radius 1 is 1.32 bits per heavy atom. The van der Waals surface area contributed by atoms with Gasteiger partial charge >= 0.3 is 0 Å². The van der Waals surface area contributed by atoms with E-state index < -0.39 is 0 Å². The minimum absolute atomic E-state index is 0.261. The summed E-state index contributed by atoms with van der Waals surface area (Å²) in [5.41, 5.74) is -0.321. The number of hydrogen-bond donors (Lipinski definition) is 1. The van der Waals surface area contributed by atoms with Gasteiger partial charge in [-0.1, -0.05) is 20.3 Å². The predicted molar refractivity (Wildman–Crippen MR) is 76.6 cm³/mol. The van der Waals surface area contributed by atoms with Gasteiger partial charge in [0.15, 0.2) is 0 Å². The molecule has 0 aromatic carbocycles. The van der Waals surface area contributed by atoms with Crippen LogP contribution in [0.25, 0.3) is 0 Å². The maximum absolute atomic E-state index is 12.7. The van der Waals surface area contributed by atoms with Crippen molar-refractivity contribution in [3.05, 3.63) is 0 Å². The van der Waals surface area contributed by atoms with Gasteiger partial charge in [0, 0.05) is 6.54 Å². The SMILES string of the molecule is CCC1NC(C)(CC)C(=O)N1CC1CC2CCC1C2. The third-order valence-electron chi connectivity index (χ3n) is 6.00. The first kappa shape index (κ1) is 13.4. The molecule has 3 aliphatic rings. The van der Waals surface area contributed by atoms with Crippen molar-refractivity contribution in [3.8, 4) is 0 Å². The van der Waals surface area contributed by atoms with Gasteiger partial charge in [-0.3, -0.25) is 10.1 Å². The lowest BCUT2D eigenvalue weighted by Gasteiger charge is -2.30. The summed E-state index contributed by atoms with van der Waals surface area (Å²) in [4.78, 5) is 14.8. The topological polar surface area (TPSA) is 32.3 Å². The van der Waals surface area contributed by atoms with Gasteiger partial charge in [0.1, 0.15) is 0 Å². The third kappa shape index (κ3) is 2.10. The van der Waals surface area contributed by atoms with Crippen LogP contribution in [0.2, 0.25) is 0 Å². The summed E-state index contributed by atoms with van der Waals surface area (Å²) in [5.74, 6) is 2.99. The maximum Gasteiger partial charge on any atom is 0.243 e. The number of nitrogens with one attached hydrogen (secondary N) is 1. The van der Waals surface area contributed by atoms with Crippen LogP contribution in [0.1, 0.15) is 59.3 Å². The van der Waals surface area contributed by atoms with E-state index in [4.69, 9.17) is 0 Å². The smallest absolute Gasteiger partial charge is 0.243 e. The monoisotopic (exact) mass is 264 g/mol. The summed E-state index contributed by atoms with van der Waals surface area (Å²) in [6.07, 6.45) is 7.81. The number of hydrogen-bond acceptors (Lipinski definition) is 2. The van der Waals surface area contributed by atoms with E-state index in [1.165, 1.54) is 25.7 Å².